The zero-order valence-electron chi connectivity index (χ0n) is 11.6. The Morgan fingerprint density at radius 2 is 1.86 bits per heavy atom. The number of rotatable bonds is 1. The van der Waals surface area contributed by atoms with E-state index >= 15 is 0 Å². The highest BCUT2D eigenvalue weighted by atomic mass is 32.1. The van der Waals surface area contributed by atoms with Gasteiger partial charge in [-0.05, 0) is 18.2 Å². The molecular weight excluding hydrogens is 292 g/mol. The number of imidazole rings is 1. The van der Waals surface area contributed by atoms with Gasteiger partial charge in [0.05, 0.1) is 10.2 Å². The van der Waals surface area contributed by atoms with E-state index in [2.05, 4.69) is 29.2 Å². The molecule has 0 aliphatic rings. The molecule has 3 heterocycles. The Balaban J connectivity index is 1.87. The number of nitrogens with zero attached hydrogens (tertiary/aromatic N) is 2. The number of anilines is 1. The second-order valence-corrected chi connectivity index (χ2v) is 6.29. The van der Waals surface area contributed by atoms with Crippen LogP contribution in [0.2, 0.25) is 0 Å². The first kappa shape index (κ1) is 11.8. The van der Waals surface area contributed by atoms with Crippen LogP contribution in [0.4, 0.5) is 5.82 Å². The normalized spacial score (nSPS) is 11.8. The van der Waals surface area contributed by atoms with Gasteiger partial charge in [-0.1, -0.05) is 41.7 Å². The van der Waals surface area contributed by atoms with Crippen molar-refractivity contribution in [2.45, 2.75) is 0 Å². The van der Waals surface area contributed by atoms with Crippen molar-refractivity contribution in [3.63, 3.8) is 0 Å². The van der Waals surface area contributed by atoms with Gasteiger partial charge in [0.2, 0.25) is 0 Å². The molecule has 0 spiro atoms. The third-order valence-electron chi connectivity index (χ3n) is 4.03. The predicted octanol–water partition coefficient (Wildman–Crippen LogP) is 4.28. The number of nitrogens with two attached hydrogens (primary N) is 1. The highest BCUT2D eigenvalue weighted by molar-refractivity contribution is 7.23. The fourth-order valence-electron chi connectivity index (χ4n) is 3.01. The van der Waals surface area contributed by atoms with Crippen LogP contribution in [0.3, 0.4) is 0 Å². The van der Waals surface area contributed by atoms with Gasteiger partial charge in [0.1, 0.15) is 11.5 Å². The molecule has 106 valence electrons. The quantitative estimate of drug-likeness (QED) is 0.485. The van der Waals surface area contributed by atoms with E-state index in [4.69, 9.17) is 10.7 Å². The Hall–Kier alpha value is -2.79. The third kappa shape index (κ3) is 1.43. The number of hydrogen-bond donors (Lipinski definition) is 2. The monoisotopic (exact) mass is 304 g/mol. The van der Waals surface area contributed by atoms with E-state index < -0.39 is 0 Å². The average Bonchev–Trinajstić information content (AvgIpc) is 3.20. The fourth-order valence-corrected chi connectivity index (χ4v) is 4.04. The molecule has 3 aromatic heterocycles. The number of hydrogen-bond acceptors (Lipinski definition) is 3. The summed E-state index contributed by atoms with van der Waals surface area (Å²) in [5, 5.41) is 1.14. The predicted molar refractivity (Wildman–Crippen MR) is 92.3 cm³/mol. The number of thiazole rings is 1. The first-order chi connectivity index (χ1) is 10.8. The molecule has 2 aromatic carbocycles. The number of fused-ring (bicyclic) bond motifs is 4. The number of benzene rings is 2. The number of H-pyrrole nitrogens is 1. The van der Waals surface area contributed by atoms with Crippen molar-refractivity contribution in [1.82, 2.24) is 14.4 Å². The summed E-state index contributed by atoms with van der Waals surface area (Å²) in [6.45, 7) is 0. The third-order valence-corrected chi connectivity index (χ3v) is 5.06. The Labute approximate surface area is 129 Å². The van der Waals surface area contributed by atoms with Crippen molar-refractivity contribution in [3.05, 3.63) is 54.7 Å². The Bertz CT molecular complexity index is 1150. The lowest BCUT2D eigenvalue weighted by Crippen LogP contribution is -1.93. The summed E-state index contributed by atoms with van der Waals surface area (Å²) in [6.07, 6.45) is 1.98. The van der Waals surface area contributed by atoms with Gasteiger partial charge in [-0.15, -0.1) is 0 Å². The largest absolute Gasteiger partial charge is 0.383 e. The van der Waals surface area contributed by atoms with Crippen molar-refractivity contribution < 1.29 is 0 Å². The molecule has 5 rings (SSSR count). The average molecular weight is 304 g/mol. The molecule has 0 aliphatic carbocycles. The standard InChI is InChI=1S/C17H12N4S/c18-16-15(11-9-19-12-6-2-1-5-10(11)12)20-17-21(16)13-7-3-4-8-14(13)22-17/h1-9,19H,18H2. The van der Waals surface area contributed by atoms with Crippen molar-refractivity contribution in [2.75, 3.05) is 5.73 Å². The van der Waals surface area contributed by atoms with Crippen LogP contribution in [0.25, 0.3) is 37.3 Å². The van der Waals surface area contributed by atoms with E-state index in [0.29, 0.717) is 5.82 Å². The summed E-state index contributed by atoms with van der Waals surface area (Å²) in [5.41, 5.74) is 10.5. The van der Waals surface area contributed by atoms with Crippen LogP contribution in [0.1, 0.15) is 0 Å². The van der Waals surface area contributed by atoms with Crippen LogP contribution in [-0.4, -0.2) is 14.4 Å². The van der Waals surface area contributed by atoms with Crippen molar-refractivity contribution in [3.8, 4) is 11.3 Å². The molecule has 22 heavy (non-hydrogen) atoms. The van der Waals surface area contributed by atoms with Crippen LogP contribution in [0.5, 0.6) is 0 Å². The summed E-state index contributed by atoms with van der Waals surface area (Å²) in [7, 11) is 0. The highest BCUT2D eigenvalue weighted by Crippen LogP contribution is 2.36. The molecule has 0 unspecified atom stereocenters. The van der Waals surface area contributed by atoms with Gasteiger partial charge < -0.3 is 10.7 Å². The molecule has 0 amide bonds. The van der Waals surface area contributed by atoms with Crippen molar-refractivity contribution >= 4 is 43.2 Å². The zero-order valence-corrected chi connectivity index (χ0v) is 12.4. The molecule has 0 atom stereocenters. The number of aromatic amines is 1. The lowest BCUT2D eigenvalue weighted by Gasteiger charge is -1.98. The Morgan fingerprint density at radius 1 is 1.05 bits per heavy atom. The van der Waals surface area contributed by atoms with E-state index in [1.807, 2.05) is 34.9 Å². The van der Waals surface area contributed by atoms with Gasteiger partial charge in [-0.2, -0.15) is 0 Å². The molecule has 3 N–H and O–H groups in total. The minimum Gasteiger partial charge on any atom is -0.383 e. The van der Waals surface area contributed by atoms with Gasteiger partial charge in [-0.25, -0.2) is 4.98 Å². The Kier molecular flexibility index (Phi) is 2.21. The van der Waals surface area contributed by atoms with Gasteiger partial charge in [0, 0.05) is 22.7 Å². The fraction of sp³-hybridized carbons (Fsp3) is 0. The Morgan fingerprint density at radius 3 is 2.82 bits per heavy atom. The van der Waals surface area contributed by atoms with E-state index in [9.17, 15) is 0 Å². The van der Waals surface area contributed by atoms with E-state index in [0.717, 1.165) is 32.6 Å². The zero-order chi connectivity index (χ0) is 14.7. The summed E-state index contributed by atoms with van der Waals surface area (Å²) >= 11 is 1.66. The molecule has 5 aromatic rings. The number of para-hydroxylation sites is 2. The van der Waals surface area contributed by atoms with Gasteiger partial charge in [0.15, 0.2) is 4.96 Å². The second kappa shape index (κ2) is 4.11. The molecule has 4 nitrogen and oxygen atoms in total. The van der Waals surface area contributed by atoms with E-state index in [1.54, 1.807) is 11.3 Å². The van der Waals surface area contributed by atoms with Gasteiger partial charge >= 0.3 is 0 Å². The van der Waals surface area contributed by atoms with Gasteiger partial charge in [0.25, 0.3) is 0 Å². The van der Waals surface area contributed by atoms with Crippen molar-refractivity contribution in [1.29, 1.82) is 0 Å². The second-order valence-electron chi connectivity index (χ2n) is 5.28. The molecule has 0 saturated carbocycles. The summed E-state index contributed by atoms with van der Waals surface area (Å²) < 4.78 is 3.24. The maximum Gasteiger partial charge on any atom is 0.196 e. The summed E-state index contributed by atoms with van der Waals surface area (Å²) in [4.78, 5) is 8.99. The molecule has 0 aliphatic heterocycles. The first-order valence-corrected chi connectivity index (χ1v) is 7.86. The summed E-state index contributed by atoms with van der Waals surface area (Å²) in [6, 6.07) is 16.4. The SMILES string of the molecule is Nc1c(-c2c[nH]c3ccccc23)nc2sc3ccccc3n12. The van der Waals surface area contributed by atoms with Crippen LogP contribution < -0.4 is 5.73 Å². The molecule has 5 heteroatoms. The number of nitrogens with one attached hydrogen (secondary N) is 1. The highest BCUT2D eigenvalue weighted by Gasteiger charge is 2.18. The molecule has 0 radical (unpaired) electrons. The van der Waals surface area contributed by atoms with Gasteiger partial charge in [-0.3, -0.25) is 4.40 Å². The molecule has 0 saturated heterocycles. The maximum atomic E-state index is 6.42. The lowest BCUT2D eigenvalue weighted by atomic mass is 10.1. The smallest absolute Gasteiger partial charge is 0.196 e. The topological polar surface area (TPSA) is 59.1 Å². The van der Waals surface area contributed by atoms with Crippen LogP contribution in [0, 0.1) is 0 Å². The number of aromatic nitrogens is 3. The van der Waals surface area contributed by atoms with Crippen LogP contribution in [0.15, 0.2) is 54.7 Å². The molecule has 0 fully saturated rings. The van der Waals surface area contributed by atoms with E-state index in [-0.39, 0.29) is 0 Å². The van der Waals surface area contributed by atoms with E-state index in [1.165, 1.54) is 4.70 Å². The lowest BCUT2D eigenvalue weighted by molar-refractivity contribution is 1.30. The van der Waals surface area contributed by atoms with Crippen LogP contribution in [-0.2, 0) is 0 Å². The van der Waals surface area contributed by atoms with Crippen molar-refractivity contribution in [2.24, 2.45) is 0 Å². The molecular formula is C17H12N4S. The number of nitrogen functional groups attached to an aromatic ring is 1. The van der Waals surface area contributed by atoms with Crippen LogP contribution >= 0.6 is 11.3 Å². The minimum atomic E-state index is 0.692. The minimum absolute atomic E-state index is 0.692. The maximum absolute atomic E-state index is 6.42. The summed E-state index contributed by atoms with van der Waals surface area (Å²) in [5.74, 6) is 0.692. The molecule has 0 bridgehead atoms. The first-order valence-electron chi connectivity index (χ1n) is 7.05.